The number of rotatable bonds is 1. The van der Waals surface area contributed by atoms with Crippen LogP contribution in [0.25, 0.3) is 55.0 Å². The van der Waals surface area contributed by atoms with Crippen LogP contribution >= 0.6 is 0 Å². The summed E-state index contributed by atoms with van der Waals surface area (Å²) >= 11 is 0. The quantitative estimate of drug-likeness (QED) is 0.301. The van der Waals surface area contributed by atoms with Crippen LogP contribution in [0.5, 0.6) is 0 Å². The van der Waals surface area contributed by atoms with E-state index in [4.69, 9.17) is 8.83 Å². The third-order valence-electron chi connectivity index (χ3n) is 5.12. The van der Waals surface area contributed by atoms with Crippen molar-refractivity contribution >= 4 is 43.5 Å². The Balaban J connectivity index is 1.54. The lowest BCUT2D eigenvalue weighted by molar-refractivity contribution is 0.569. The highest BCUT2D eigenvalue weighted by molar-refractivity contribution is 5.99. The lowest BCUT2D eigenvalue weighted by atomic mass is 10.1. The summed E-state index contributed by atoms with van der Waals surface area (Å²) in [4.78, 5) is 0. The third kappa shape index (κ3) is 2.31. The Morgan fingerprint density at radius 1 is 0.429 bits per heavy atom. The van der Waals surface area contributed by atoms with Crippen molar-refractivity contribution in [2.75, 3.05) is 0 Å². The largest absolute Gasteiger partial charge is 0.453 e. The van der Waals surface area contributed by atoms with E-state index in [1.54, 1.807) is 12.1 Å². The van der Waals surface area contributed by atoms with Crippen LogP contribution in [0.1, 0.15) is 0 Å². The molecule has 0 spiro atoms. The van der Waals surface area contributed by atoms with Crippen molar-refractivity contribution in [3.8, 4) is 11.5 Å². The molecular formula is C24H12F2O2. The molecule has 0 N–H and O–H groups in total. The zero-order valence-corrected chi connectivity index (χ0v) is 14.5. The van der Waals surface area contributed by atoms with Gasteiger partial charge in [-0.15, -0.1) is 0 Å². The van der Waals surface area contributed by atoms with Crippen molar-refractivity contribution in [1.82, 2.24) is 0 Å². The van der Waals surface area contributed by atoms with Crippen LogP contribution in [-0.4, -0.2) is 0 Å². The second-order valence-electron chi connectivity index (χ2n) is 6.98. The van der Waals surface area contributed by atoms with E-state index in [2.05, 4.69) is 0 Å². The summed E-state index contributed by atoms with van der Waals surface area (Å²) in [5.41, 5.74) is 1.33. The molecule has 4 aromatic carbocycles. The Morgan fingerprint density at radius 2 is 0.893 bits per heavy atom. The first-order chi connectivity index (χ1) is 13.6. The number of fused-ring (bicyclic) bond motifs is 4. The normalized spacial score (nSPS) is 11.9. The van der Waals surface area contributed by atoms with E-state index in [0.717, 1.165) is 32.3 Å². The van der Waals surface area contributed by atoms with E-state index in [9.17, 15) is 8.78 Å². The first kappa shape index (κ1) is 15.4. The molecule has 0 aliphatic carbocycles. The first-order valence-electron chi connectivity index (χ1n) is 8.88. The molecule has 0 saturated carbocycles. The number of halogens is 2. The summed E-state index contributed by atoms with van der Waals surface area (Å²) in [6.45, 7) is 0. The van der Waals surface area contributed by atoms with Gasteiger partial charge in [0.1, 0.15) is 22.8 Å². The second-order valence-corrected chi connectivity index (χ2v) is 6.98. The summed E-state index contributed by atoms with van der Waals surface area (Å²) in [5, 5.41) is 5.29. The maximum atomic E-state index is 13.5. The van der Waals surface area contributed by atoms with Gasteiger partial charge in [-0.05, 0) is 82.2 Å². The predicted molar refractivity (Wildman–Crippen MR) is 106 cm³/mol. The molecule has 134 valence electrons. The highest BCUT2D eigenvalue weighted by atomic mass is 19.1. The van der Waals surface area contributed by atoms with Gasteiger partial charge in [-0.1, -0.05) is 12.1 Å². The molecule has 0 saturated heterocycles. The molecule has 0 atom stereocenters. The van der Waals surface area contributed by atoms with Gasteiger partial charge in [0.15, 0.2) is 11.5 Å². The average molecular weight is 370 g/mol. The molecule has 0 bridgehead atoms. The van der Waals surface area contributed by atoms with Crippen molar-refractivity contribution in [2.24, 2.45) is 0 Å². The number of hydrogen-bond donors (Lipinski definition) is 0. The van der Waals surface area contributed by atoms with Crippen LogP contribution in [-0.2, 0) is 0 Å². The molecule has 0 aliphatic heterocycles. The average Bonchev–Trinajstić information content (AvgIpc) is 3.27. The van der Waals surface area contributed by atoms with Crippen molar-refractivity contribution < 1.29 is 17.6 Å². The molecule has 4 heteroatoms. The van der Waals surface area contributed by atoms with Crippen LogP contribution < -0.4 is 0 Å². The van der Waals surface area contributed by atoms with Gasteiger partial charge in [-0.2, -0.15) is 0 Å². The second kappa shape index (κ2) is 5.42. The third-order valence-corrected chi connectivity index (χ3v) is 5.12. The summed E-state index contributed by atoms with van der Waals surface area (Å²) in [7, 11) is 0. The van der Waals surface area contributed by atoms with Gasteiger partial charge in [0, 0.05) is 10.8 Å². The van der Waals surface area contributed by atoms with Gasteiger partial charge in [0.25, 0.3) is 0 Å². The lowest BCUT2D eigenvalue weighted by Crippen LogP contribution is -1.75. The van der Waals surface area contributed by atoms with Gasteiger partial charge >= 0.3 is 0 Å². The van der Waals surface area contributed by atoms with E-state index >= 15 is 0 Å². The van der Waals surface area contributed by atoms with Gasteiger partial charge in [0.05, 0.1) is 0 Å². The van der Waals surface area contributed by atoms with Crippen molar-refractivity contribution in [2.45, 2.75) is 0 Å². The van der Waals surface area contributed by atoms with E-state index in [0.29, 0.717) is 22.7 Å². The fourth-order valence-corrected chi connectivity index (χ4v) is 3.75. The standard InChI is InChI=1S/C24H12F2O2/c25-19-3-1-13-5-17-11-23(27-21(17)9-15(13)7-19)24-12-18-6-14-2-4-20(26)8-16(14)10-22(18)28-24/h1-12H. The minimum Gasteiger partial charge on any atom is -0.453 e. The molecule has 6 rings (SSSR count). The van der Waals surface area contributed by atoms with E-state index < -0.39 is 0 Å². The summed E-state index contributed by atoms with van der Waals surface area (Å²) in [5.74, 6) is 0.633. The molecule has 0 unspecified atom stereocenters. The molecule has 2 heterocycles. The Hall–Kier alpha value is -3.66. The molecule has 0 radical (unpaired) electrons. The summed E-state index contributed by atoms with van der Waals surface area (Å²) in [6, 6.07) is 20.8. The van der Waals surface area contributed by atoms with Crippen molar-refractivity contribution in [1.29, 1.82) is 0 Å². The van der Waals surface area contributed by atoms with Crippen LogP contribution in [0.4, 0.5) is 8.78 Å². The molecular weight excluding hydrogens is 358 g/mol. The summed E-state index contributed by atoms with van der Waals surface area (Å²) in [6.07, 6.45) is 0. The zero-order chi connectivity index (χ0) is 18.8. The Bertz CT molecular complexity index is 1420. The Kier molecular flexibility index (Phi) is 2.98. The zero-order valence-electron chi connectivity index (χ0n) is 14.5. The summed E-state index contributed by atoms with van der Waals surface area (Å²) < 4.78 is 38.9. The van der Waals surface area contributed by atoms with Crippen molar-refractivity contribution in [3.63, 3.8) is 0 Å². The fourth-order valence-electron chi connectivity index (χ4n) is 3.75. The van der Waals surface area contributed by atoms with Gasteiger partial charge in [-0.25, -0.2) is 8.78 Å². The Labute approximate surface area is 157 Å². The van der Waals surface area contributed by atoms with Crippen LogP contribution in [0, 0.1) is 11.6 Å². The fraction of sp³-hybridized carbons (Fsp3) is 0. The van der Waals surface area contributed by atoms with Gasteiger partial charge < -0.3 is 8.83 Å². The molecule has 2 nitrogen and oxygen atoms in total. The smallest absolute Gasteiger partial charge is 0.170 e. The maximum Gasteiger partial charge on any atom is 0.170 e. The molecule has 6 aromatic rings. The highest BCUT2D eigenvalue weighted by Crippen LogP contribution is 2.35. The predicted octanol–water partition coefficient (Wildman–Crippen LogP) is 7.43. The van der Waals surface area contributed by atoms with E-state index in [-0.39, 0.29) is 11.6 Å². The Morgan fingerprint density at radius 3 is 1.36 bits per heavy atom. The molecule has 0 aliphatic rings. The van der Waals surface area contributed by atoms with Crippen LogP contribution in [0.15, 0.2) is 81.6 Å². The number of furan rings is 2. The maximum absolute atomic E-state index is 13.5. The van der Waals surface area contributed by atoms with E-state index in [1.165, 1.54) is 24.3 Å². The topological polar surface area (TPSA) is 26.3 Å². The van der Waals surface area contributed by atoms with Crippen LogP contribution in [0.3, 0.4) is 0 Å². The molecule has 28 heavy (non-hydrogen) atoms. The van der Waals surface area contributed by atoms with Gasteiger partial charge in [0.2, 0.25) is 0 Å². The van der Waals surface area contributed by atoms with Crippen molar-refractivity contribution in [3.05, 3.63) is 84.4 Å². The van der Waals surface area contributed by atoms with Gasteiger partial charge in [-0.3, -0.25) is 0 Å². The molecule has 0 amide bonds. The highest BCUT2D eigenvalue weighted by Gasteiger charge is 2.13. The molecule has 2 aromatic heterocycles. The molecule has 0 fully saturated rings. The number of hydrogen-bond acceptors (Lipinski definition) is 2. The number of benzene rings is 4. The first-order valence-corrected chi connectivity index (χ1v) is 8.88. The van der Waals surface area contributed by atoms with Crippen LogP contribution in [0.2, 0.25) is 0 Å². The van der Waals surface area contributed by atoms with E-state index in [1.807, 2.05) is 36.4 Å². The SMILES string of the molecule is Fc1ccc2cc3cc(-c4cc5cc6ccc(F)cc6cc5o4)oc3cc2c1. The minimum absolute atomic E-state index is 0.278. The monoisotopic (exact) mass is 370 g/mol. The minimum atomic E-state index is -0.278. The lowest BCUT2D eigenvalue weighted by Gasteiger charge is -1.97.